The maximum atomic E-state index is 13.3. The maximum absolute atomic E-state index is 13.3. The van der Waals surface area contributed by atoms with Gasteiger partial charge in [-0.2, -0.15) is 0 Å². The van der Waals surface area contributed by atoms with Gasteiger partial charge in [-0.3, -0.25) is 19.2 Å². The number of hydrogen-bond acceptors (Lipinski definition) is 6. The summed E-state index contributed by atoms with van der Waals surface area (Å²) in [5.41, 5.74) is 5.35. The van der Waals surface area contributed by atoms with Crippen molar-refractivity contribution in [3.63, 3.8) is 0 Å². The lowest BCUT2D eigenvalue weighted by Crippen LogP contribution is -2.45. The molecule has 0 spiro atoms. The molecule has 0 aromatic heterocycles. The quantitative estimate of drug-likeness (QED) is 0.229. The highest BCUT2D eigenvalue weighted by Crippen LogP contribution is 2.29. The third-order valence-corrected chi connectivity index (χ3v) is 7.92. The van der Waals surface area contributed by atoms with Crippen LogP contribution < -0.4 is 21.3 Å². The van der Waals surface area contributed by atoms with E-state index in [0.717, 1.165) is 36.7 Å². The van der Waals surface area contributed by atoms with Crippen LogP contribution in [-0.4, -0.2) is 43.5 Å². The number of anilines is 1. The van der Waals surface area contributed by atoms with Crippen LogP contribution in [0.5, 0.6) is 0 Å². The monoisotopic (exact) mass is 582 g/mol. The summed E-state index contributed by atoms with van der Waals surface area (Å²) < 4.78 is 0. The molecule has 8 heteroatoms. The molecule has 2 amide bonds. The lowest BCUT2D eigenvalue weighted by Gasteiger charge is -2.29. The number of aryl methyl sites for hydroxylation is 1. The van der Waals surface area contributed by atoms with Crippen LogP contribution in [0.25, 0.3) is 0 Å². The standard InChI is InChI=1S/C35H42N4O4/c1-35(2,3)33(36-4)31(41)19-26-16-17-28(38-34(43)25-14-12-23(22-40)13-15-25)18-27(26)20-37-21-32(42)39-30-11-7-9-24-8-5-6-10-29(24)30/h5-6,8,10,12-18,22,30,33,36-37H,7,9,11,19-21H2,1-4H3,(H,38,43)(H,39,42). The van der Waals surface area contributed by atoms with Crippen molar-refractivity contribution in [3.8, 4) is 0 Å². The van der Waals surface area contributed by atoms with Crippen molar-refractivity contribution in [2.24, 2.45) is 5.41 Å². The Balaban J connectivity index is 1.47. The van der Waals surface area contributed by atoms with Crippen molar-refractivity contribution in [1.82, 2.24) is 16.0 Å². The molecule has 2 unspecified atom stereocenters. The largest absolute Gasteiger partial charge is 0.348 e. The van der Waals surface area contributed by atoms with Crippen LogP contribution in [0.4, 0.5) is 5.69 Å². The van der Waals surface area contributed by atoms with Gasteiger partial charge >= 0.3 is 0 Å². The SMILES string of the molecule is CNC(C(=O)Cc1ccc(NC(=O)c2ccc(C=O)cc2)cc1CNCC(=O)NC1CCCc2ccccc21)C(C)(C)C. The fourth-order valence-corrected chi connectivity index (χ4v) is 5.78. The van der Waals surface area contributed by atoms with Gasteiger partial charge in [0.1, 0.15) is 6.29 Å². The lowest BCUT2D eigenvalue weighted by molar-refractivity contribution is -0.123. The molecule has 1 aliphatic rings. The Labute approximate surface area is 254 Å². The second-order valence-corrected chi connectivity index (χ2v) is 12.2. The van der Waals surface area contributed by atoms with Gasteiger partial charge in [0, 0.05) is 29.8 Å². The van der Waals surface area contributed by atoms with E-state index in [-0.39, 0.29) is 48.1 Å². The van der Waals surface area contributed by atoms with Crippen LogP contribution in [-0.2, 0) is 29.0 Å². The number of carbonyl (C=O) groups excluding carboxylic acids is 4. The molecule has 43 heavy (non-hydrogen) atoms. The van der Waals surface area contributed by atoms with E-state index in [1.807, 2.05) is 45.0 Å². The number of fused-ring (bicyclic) bond motifs is 1. The van der Waals surface area contributed by atoms with Gasteiger partial charge in [0.15, 0.2) is 5.78 Å². The second-order valence-electron chi connectivity index (χ2n) is 12.2. The zero-order valence-electron chi connectivity index (χ0n) is 25.5. The first-order valence-electron chi connectivity index (χ1n) is 14.8. The smallest absolute Gasteiger partial charge is 0.255 e. The summed E-state index contributed by atoms with van der Waals surface area (Å²) in [7, 11) is 1.79. The summed E-state index contributed by atoms with van der Waals surface area (Å²) in [4.78, 5) is 50.1. The summed E-state index contributed by atoms with van der Waals surface area (Å²) in [6.07, 6.45) is 3.92. The van der Waals surface area contributed by atoms with Gasteiger partial charge in [0.05, 0.1) is 18.6 Å². The Morgan fingerprint density at radius 3 is 2.42 bits per heavy atom. The van der Waals surface area contributed by atoms with Gasteiger partial charge in [0.2, 0.25) is 5.91 Å². The Morgan fingerprint density at radius 2 is 1.72 bits per heavy atom. The molecule has 8 nitrogen and oxygen atoms in total. The number of nitrogens with one attached hydrogen (secondary N) is 4. The van der Waals surface area contributed by atoms with Crippen LogP contribution in [0.1, 0.15) is 82.6 Å². The van der Waals surface area contributed by atoms with E-state index in [1.165, 1.54) is 11.1 Å². The molecule has 3 aromatic carbocycles. The molecular formula is C35H42N4O4. The van der Waals surface area contributed by atoms with Crippen LogP contribution in [0, 0.1) is 5.41 Å². The van der Waals surface area contributed by atoms with Gasteiger partial charge < -0.3 is 21.3 Å². The van der Waals surface area contributed by atoms with E-state index < -0.39 is 0 Å². The van der Waals surface area contributed by atoms with Crippen LogP contribution >= 0.6 is 0 Å². The molecule has 4 rings (SSSR count). The molecule has 0 radical (unpaired) electrons. The number of rotatable bonds is 12. The predicted molar refractivity (Wildman–Crippen MR) is 169 cm³/mol. The van der Waals surface area contributed by atoms with Crippen molar-refractivity contribution < 1.29 is 19.2 Å². The first-order valence-corrected chi connectivity index (χ1v) is 14.8. The van der Waals surface area contributed by atoms with Crippen LogP contribution in [0.15, 0.2) is 66.7 Å². The van der Waals surface area contributed by atoms with Crippen molar-refractivity contribution in [1.29, 1.82) is 0 Å². The number of Topliss-reactive ketones (excluding diaryl/α,β-unsaturated/α-hetero) is 1. The topological polar surface area (TPSA) is 116 Å². The fourth-order valence-electron chi connectivity index (χ4n) is 5.78. The van der Waals surface area contributed by atoms with Crippen molar-refractivity contribution in [2.45, 2.75) is 65.1 Å². The third kappa shape index (κ3) is 8.46. The first kappa shape index (κ1) is 31.8. The minimum atomic E-state index is -0.328. The molecule has 0 saturated heterocycles. The molecule has 0 bridgehead atoms. The fraction of sp³-hybridized carbons (Fsp3) is 0.371. The van der Waals surface area contributed by atoms with E-state index in [0.29, 0.717) is 23.4 Å². The van der Waals surface area contributed by atoms with Crippen molar-refractivity contribution >= 4 is 29.6 Å². The highest BCUT2D eigenvalue weighted by molar-refractivity contribution is 6.04. The number of aldehydes is 1. The van der Waals surface area contributed by atoms with Gasteiger partial charge in [-0.1, -0.05) is 63.2 Å². The molecule has 4 N–H and O–H groups in total. The molecule has 1 aliphatic carbocycles. The first-order chi connectivity index (χ1) is 20.6. The molecule has 226 valence electrons. The van der Waals surface area contributed by atoms with E-state index in [9.17, 15) is 19.2 Å². The summed E-state index contributed by atoms with van der Waals surface area (Å²) in [6.45, 7) is 6.54. The predicted octanol–water partition coefficient (Wildman–Crippen LogP) is 4.78. The van der Waals surface area contributed by atoms with Gasteiger partial charge in [-0.15, -0.1) is 0 Å². The Bertz CT molecular complexity index is 1460. The minimum absolute atomic E-state index is 0.00226. The summed E-state index contributed by atoms with van der Waals surface area (Å²) >= 11 is 0. The van der Waals surface area contributed by atoms with Crippen LogP contribution in [0.3, 0.4) is 0 Å². The highest BCUT2D eigenvalue weighted by atomic mass is 16.2. The number of likely N-dealkylation sites (N-methyl/N-ethyl adjacent to an activating group) is 1. The van der Waals surface area contributed by atoms with E-state index in [2.05, 4.69) is 33.4 Å². The number of benzene rings is 3. The maximum Gasteiger partial charge on any atom is 0.255 e. The lowest BCUT2D eigenvalue weighted by atomic mass is 9.82. The van der Waals surface area contributed by atoms with Gasteiger partial charge in [-0.25, -0.2) is 0 Å². The second kappa shape index (κ2) is 14.4. The Morgan fingerprint density at radius 1 is 0.977 bits per heavy atom. The Kier molecular flexibility index (Phi) is 10.6. The summed E-state index contributed by atoms with van der Waals surface area (Å²) in [6, 6.07) is 19.8. The zero-order valence-corrected chi connectivity index (χ0v) is 25.5. The van der Waals surface area contributed by atoms with Gasteiger partial charge in [-0.05, 0) is 78.2 Å². The number of hydrogen-bond donors (Lipinski definition) is 4. The van der Waals surface area contributed by atoms with Crippen molar-refractivity contribution in [3.05, 3.63) is 100 Å². The van der Waals surface area contributed by atoms with E-state index in [4.69, 9.17) is 0 Å². The van der Waals surface area contributed by atoms with Crippen molar-refractivity contribution in [2.75, 3.05) is 18.9 Å². The molecule has 0 saturated carbocycles. The number of ketones is 1. The molecule has 2 atom stereocenters. The summed E-state index contributed by atoms with van der Waals surface area (Å²) in [5, 5.41) is 12.5. The normalized spacial score (nSPS) is 15.2. The molecular weight excluding hydrogens is 540 g/mol. The highest BCUT2D eigenvalue weighted by Gasteiger charge is 2.30. The summed E-state index contributed by atoms with van der Waals surface area (Å²) in [5.74, 6) is -0.335. The average molecular weight is 583 g/mol. The Hall–Kier alpha value is -4.14. The van der Waals surface area contributed by atoms with E-state index >= 15 is 0 Å². The van der Waals surface area contributed by atoms with Crippen LogP contribution in [0.2, 0.25) is 0 Å². The molecule has 0 heterocycles. The van der Waals surface area contributed by atoms with E-state index in [1.54, 1.807) is 37.4 Å². The molecule has 0 fully saturated rings. The zero-order chi connectivity index (χ0) is 31.0. The molecule has 0 aliphatic heterocycles. The number of carbonyl (C=O) groups is 4. The molecule has 3 aromatic rings. The minimum Gasteiger partial charge on any atom is -0.348 e. The average Bonchev–Trinajstić information content (AvgIpc) is 2.98. The number of amides is 2. The third-order valence-electron chi connectivity index (χ3n) is 7.92. The van der Waals surface area contributed by atoms with Gasteiger partial charge in [0.25, 0.3) is 5.91 Å².